The highest BCUT2D eigenvalue weighted by molar-refractivity contribution is 7.89. The van der Waals surface area contributed by atoms with Crippen LogP contribution in [0, 0.1) is 19.8 Å². The van der Waals surface area contributed by atoms with Crippen LogP contribution >= 0.6 is 0 Å². The van der Waals surface area contributed by atoms with Gasteiger partial charge in [0.15, 0.2) is 0 Å². The summed E-state index contributed by atoms with van der Waals surface area (Å²) in [5.41, 5.74) is 4.07. The fourth-order valence-electron chi connectivity index (χ4n) is 3.76. The van der Waals surface area contributed by atoms with Crippen molar-refractivity contribution in [1.82, 2.24) is 4.72 Å². The fraction of sp³-hybridized carbons (Fsp3) is 0.417. The van der Waals surface area contributed by atoms with E-state index in [0.29, 0.717) is 37.1 Å². The lowest BCUT2D eigenvalue weighted by Crippen LogP contribution is -2.44. The zero-order valence-corrected chi connectivity index (χ0v) is 19.8. The summed E-state index contributed by atoms with van der Waals surface area (Å²) >= 11 is 0. The van der Waals surface area contributed by atoms with Gasteiger partial charge in [-0.15, -0.1) is 0 Å². The van der Waals surface area contributed by atoms with Crippen molar-refractivity contribution in [2.45, 2.75) is 64.3 Å². The average Bonchev–Trinajstić information content (AvgIpc) is 2.90. The van der Waals surface area contributed by atoms with Crippen molar-refractivity contribution in [2.75, 3.05) is 10.6 Å². The second-order valence-electron chi connectivity index (χ2n) is 8.76. The number of hydrogen-bond acceptors (Lipinski definition) is 4. The monoisotopic (exact) mass is 457 g/mol. The lowest BCUT2D eigenvalue weighted by atomic mass is 10.0. The first-order valence-corrected chi connectivity index (χ1v) is 12.4. The summed E-state index contributed by atoms with van der Waals surface area (Å²) in [5, 5.41) is 5.69. The molecule has 0 spiro atoms. The summed E-state index contributed by atoms with van der Waals surface area (Å²) in [6, 6.07) is 9.36. The van der Waals surface area contributed by atoms with Gasteiger partial charge in [0.2, 0.25) is 21.8 Å². The van der Waals surface area contributed by atoms with Gasteiger partial charge in [0, 0.05) is 17.8 Å². The zero-order chi connectivity index (χ0) is 23.5. The van der Waals surface area contributed by atoms with E-state index < -0.39 is 22.0 Å². The molecule has 0 aliphatic carbocycles. The maximum Gasteiger partial charge on any atom is 0.242 e. The molecule has 2 aromatic carbocycles. The molecular formula is C24H31N3O4S. The topological polar surface area (TPSA) is 104 Å². The number of sulfonamides is 1. The number of amides is 2. The molecule has 0 fully saturated rings. The molecule has 1 aliphatic rings. The van der Waals surface area contributed by atoms with Crippen LogP contribution in [-0.2, 0) is 26.0 Å². The van der Waals surface area contributed by atoms with E-state index in [1.807, 2.05) is 45.9 Å². The first kappa shape index (κ1) is 23.9. The second-order valence-corrected chi connectivity index (χ2v) is 10.5. The molecule has 0 bridgehead atoms. The van der Waals surface area contributed by atoms with E-state index >= 15 is 0 Å². The minimum Gasteiger partial charge on any atom is -0.326 e. The van der Waals surface area contributed by atoms with Gasteiger partial charge in [-0.25, -0.2) is 8.42 Å². The van der Waals surface area contributed by atoms with Crippen molar-refractivity contribution in [1.29, 1.82) is 0 Å². The quantitative estimate of drug-likeness (QED) is 0.586. The third kappa shape index (κ3) is 5.75. The van der Waals surface area contributed by atoms with Crippen LogP contribution in [-0.4, -0.2) is 26.3 Å². The summed E-state index contributed by atoms with van der Waals surface area (Å²) in [6.45, 7) is 7.76. The predicted octanol–water partition coefficient (Wildman–Crippen LogP) is 3.91. The zero-order valence-electron chi connectivity index (χ0n) is 19.0. The first-order valence-electron chi connectivity index (χ1n) is 10.9. The van der Waals surface area contributed by atoms with Crippen LogP contribution in [0.3, 0.4) is 0 Å². The first-order chi connectivity index (χ1) is 15.1. The molecule has 1 heterocycles. The molecule has 0 aromatic heterocycles. The number of carbonyl (C=O) groups is 2. The van der Waals surface area contributed by atoms with Gasteiger partial charge in [-0.1, -0.05) is 26.0 Å². The largest absolute Gasteiger partial charge is 0.326 e. The molecule has 7 nitrogen and oxygen atoms in total. The minimum absolute atomic E-state index is 0.0717. The average molecular weight is 458 g/mol. The number of carbonyl (C=O) groups excluding carboxylic acids is 2. The Bertz CT molecular complexity index is 1130. The van der Waals surface area contributed by atoms with Gasteiger partial charge >= 0.3 is 0 Å². The predicted molar refractivity (Wildman–Crippen MR) is 126 cm³/mol. The van der Waals surface area contributed by atoms with Crippen LogP contribution in [0.5, 0.6) is 0 Å². The fourth-order valence-corrected chi connectivity index (χ4v) is 5.02. The van der Waals surface area contributed by atoms with Crippen molar-refractivity contribution in [3.05, 3.63) is 53.1 Å². The molecule has 0 saturated carbocycles. The van der Waals surface area contributed by atoms with Gasteiger partial charge in [0.25, 0.3) is 0 Å². The molecular weight excluding hydrogens is 426 g/mol. The van der Waals surface area contributed by atoms with Crippen molar-refractivity contribution in [3.8, 4) is 0 Å². The molecule has 0 radical (unpaired) electrons. The van der Waals surface area contributed by atoms with Crippen LogP contribution in [0.25, 0.3) is 0 Å². The van der Waals surface area contributed by atoms with E-state index in [0.717, 1.165) is 16.7 Å². The molecule has 0 saturated heterocycles. The number of fused-ring (bicyclic) bond motifs is 1. The maximum atomic E-state index is 13.2. The third-order valence-electron chi connectivity index (χ3n) is 5.69. The van der Waals surface area contributed by atoms with Crippen LogP contribution in [0.1, 0.15) is 49.8 Å². The molecule has 2 amide bonds. The lowest BCUT2D eigenvalue weighted by Gasteiger charge is -2.21. The molecule has 1 aliphatic heterocycles. The van der Waals surface area contributed by atoms with E-state index in [-0.39, 0.29) is 16.7 Å². The van der Waals surface area contributed by atoms with E-state index in [2.05, 4.69) is 15.4 Å². The number of hydrogen-bond donors (Lipinski definition) is 3. The van der Waals surface area contributed by atoms with Gasteiger partial charge in [-0.3, -0.25) is 9.59 Å². The van der Waals surface area contributed by atoms with Gasteiger partial charge in [0.1, 0.15) is 6.04 Å². The Labute approximate surface area is 190 Å². The number of anilines is 2. The molecule has 32 heavy (non-hydrogen) atoms. The molecule has 2 aromatic rings. The van der Waals surface area contributed by atoms with Crippen LogP contribution in [0.2, 0.25) is 0 Å². The van der Waals surface area contributed by atoms with Gasteiger partial charge < -0.3 is 10.6 Å². The lowest BCUT2D eigenvalue weighted by molar-refractivity contribution is -0.118. The van der Waals surface area contributed by atoms with Crippen molar-refractivity contribution >= 4 is 33.2 Å². The molecule has 3 rings (SSSR count). The highest BCUT2D eigenvalue weighted by Crippen LogP contribution is 2.26. The van der Waals surface area contributed by atoms with Crippen LogP contribution in [0.15, 0.2) is 41.3 Å². The molecule has 8 heteroatoms. The highest BCUT2D eigenvalue weighted by atomic mass is 32.2. The smallest absolute Gasteiger partial charge is 0.242 e. The molecule has 1 atom stereocenters. The van der Waals surface area contributed by atoms with E-state index in [1.165, 1.54) is 6.07 Å². The standard InChI is InChI=1S/C24H31N3O4S/c1-15(2)13-22(24(29)26-20-9-5-7-16(3)17(20)4)27-32(30,31)19-11-12-21-18(14-19)8-6-10-23(28)25-21/h5,7,9,11-12,14-15,22,27H,6,8,10,13H2,1-4H3,(H,25,28)(H,26,29)/t22-/m1/s1. The summed E-state index contributed by atoms with van der Waals surface area (Å²) in [5.74, 6) is -0.357. The highest BCUT2D eigenvalue weighted by Gasteiger charge is 2.28. The van der Waals surface area contributed by atoms with E-state index in [4.69, 9.17) is 0 Å². The number of rotatable bonds is 7. The normalized spacial score (nSPS) is 15.0. The third-order valence-corrected chi connectivity index (χ3v) is 7.16. The molecule has 0 unspecified atom stereocenters. The Morgan fingerprint density at radius 1 is 1.12 bits per heavy atom. The minimum atomic E-state index is -3.94. The summed E-state index contributed by atoms with van der Waals surface area (Å²) < 4.78 is 28.9. The summed E-state index contributed by atoms with van der Waals surface area (Å²) in [4.78, 5) is 24.9. The summed E-state index contributed by atoms with van der Waals surface area (Å²) in [6.07, 6.45) is 2.03. The molecule has 3 N–H and O–H groups in total. The van der Waals surface area contributed by atoms with Crippen LogP contribution in [0.4, 0.5) is 11.4 Å². The SMILES string of the molecule is Cc1cccc(NC(=O)[C@@H](CC(C)C)NS(=O)(=O)c2ccc3c(c2)CCCC(=O)N3)c1C. The Kier molecular flexibility index (Phi) is 7.36. The van der Waals surface area contributed by atoms with Crippen molar-refractivity contribution < 1.29 is 18.0 Å². The summed E-state index contributed by atoms with van der Waals surface area (Å²) in [7, 11) is -3.94. The second kappa shape index (κ2) is 9.83. The van der Waals surface area contributed by atoms with Crippen molar-refractivity contribution in [3.63, 3.8) is 0 Å². The van der Waals surface area contributed by atoms with Crippen LogP contribution < -0.4 is 15.4 Å². The van der Waals surface area contributed by atoms with Gasteiger partial charge in [-0.2, -0.15) is 4.72 Å². The maximum absolute atomic E-state index is 13.2. The van der Waals surface area contributed by atoms with Crippen molar-refractivity contribution in [2.24, 2.45) is 5.92 Å². The number of nitrogens with one attached hydrogen (secondary N) is 3. The Hall–Kier alpha value is -2.71. The molecule has 172 valence electrons. The van der Waals surface area contributed by atoms with E-state index in [1.54, 1.807) is 12.1 Å². The number of benzene rings is 2. The Morgan fingerprint density at radius 3 is 2.59 bits per heavy atom. The van der Waals surface area contributed by atoms with E-state index in [9.17, 15) is 18.0 Å². The Balaban J connectivity index is 1.84. The van der Waals surface area contributed by atoms with Gasteiger partial charge in [0.05, 0.1) is 4.90 Å². The number of aryl methyl sites for hydroxylation is 2. The van der Waals surface area contributed by atoms with Gasteiger partial charge in [-0.05, 0) is 80.0 Å². The Morgan fingerprint density at radius 2 is 1.88 bits per heavy atom.